The molecule has 0 radical (unpaired) electrons. The van der Waals surface area contributed by atoms with Gasteiger partial charge in [-0.3, -0.25) is 4.79 Å². The maximum atomic E-state index is 11.2. The van der Waals surface area contributed by atoms with E-state index in [1.807, 2.05) is 36.4 Å². The lowest BCUT2D eigenvalue weighted by atomic mass is 10.1. The standard InChI is InChI=1S/C12H9Cl2NO/c13-7-12(16)15-11-6-9-4-2-1-3-8(9)5-10(11)14/h1-6H,7H2,(H,15,16). The van der Waals surface area contributed by atoms with Crippen LogP contribution in [-0.4, -0.2) is 11.8 Å². The second-order valence-electron chi connectivity index (χ2n) is 3.36. The fourth-order valence-corrected chi connectivity index (χ4v) is 1.78. The molecule has 0 saturated heterocycles. The van der Waals surface area contributed by atoms with E-state index in [-0.39, 0.29) is 11.8 Å². The van der Waals surface area contributed by atoms with E-state index in [1.165, 1.54) is 0 Å². The van der Waals surface area contributed by atoms with Crippen molar-refractivity contribution in [2.45, 2.75) is 0 Å². The third-order valence-electron chi connectivity index (χ3n) is 2.23. The molecule has 2 aromatic carbocycles. The lowest BCUT2D eigenvalue weighted by Crippen LogP contribution is -2.12. The van der Waals surface area contributed by atoms with Crippen LogP contribution in [0.25, 0.3) is 10.8 Å². The Morgan fingerprint density at radius 3 is 2.44 bits per heavy atom. The first-order chi connectivity index (χ1) is 7.70. The molecule has 0 aromatic heterocycles. The highest BCUT2D eigenvalue weighted by Crippen LogP contribution is 2.27. The highest BCUT2D eigenvalue weighted by Gasteiger charge is 2.05. The second-order valence-corrected chi connectivity index (χ2v) is 4.04. The minimum absolute atomic E-state index is 0.0802. The summed E-state index contributed by atoms with van der Waals surface area (Å²) in [5, 5.41) is 5.22. The van der Waals surface area contributed by atoms with Crippen LogP contribution in [0.5, 0.6) is 0 Å². The van der Waals surface area contributed by atoms with Crippen molar-refractivity contribution in [3.8, 4) is 0 Å². The normalized spacial score (nSPS) is 10.4. The molecule has 0 aliphatic carbocycles. The minimum atomic E-state index is -0.265. The molecule has 0 spiro atoms. The number of benzene rings is 2. The van der Waals surface area contributed by atoms with E-state index in [0.717, 1.165) is 10.8 Å². The number of carbonyl (C=O) groups is 1. The topological polar surface area (TPSA) is 29.1 Å². The predicted molar refractivity (Wildman–Crippen MR) is 68.3 cm³/mol. The van der Waals surface area contributed by atoms with Gasteiger partial charge < -0.3 is 5.32 Å². The molecule has 1 N–H and O–H groups in total. The number of fused-ring (bicyclic) bond motifs is 1. The maximum Gasteiger partial charge on any atom is 0.239 e. The van der Waals surface area contributed by atoms with Crippen molar-refractivity contribution in [2.24, 2.45) is 0 Å². The molecule has 16 heavy (non-hydrogen) atoms. The van der Waals surface area contributed by atoms with Crippen molar-refractivity contribution < 1.29 is 4.79 Å². The van der Waals surface area contributed by atoms with Crippen molar-refractivity contribution in [3.05, 3.63) is 41.4 Å². The number of alkyl halides is 1. The first-order valence-electron chi connectivity index (χ1n) is 4.75. The maximum absolute atomic E-state index is 11.2. The van der Waals surface area contributed by atoms with Crippen LogP contribution in [0, 0.1) is 0 Å². The second kappa shape index (κ2) is 4.73. The third-order valence-corrected chi connectivity index (χ3v) is 2.79. The largest absolute Gasteiger partial charge is 0.324 e. The van der Waals surface area contributed by atoms with Gasteiger partial charge >= 0.3 is 0 Å². The van der Waals surface area contributed by atoms with Crippen LogP contribution in [0.3, 0.4) is 0 Å². The molecule has 0 saturated carbocycles. The zero-order chi connectivity index (χ0) is 11.5. The molecule has 0 fully saturated rings. The third kappa shape index (κ3) is 2.29. The first kappa shape index (κ1) is 11.2. The van der Waals surface area contributed by atoms with Gasteiger partial charge in [0.15, 0.2) is 0 Å². The van der Waals surface area contributed by atoms with E-state index in [2.05, 4.69) is 5.32 Å². The fraction of sp³-hybridized carbons (Fsp3) is 0.0833. The van der Waals surface area contributed by atoms with Crippen molar-refractivity contribution in [2.75, 3.05) is 11.2 Å². The van der Waals surface area contributed by atoms with Gasteiger partial charge in [0.2, 0.25) is 5.91 Å². The summed E-state index contributed by atoms with van der Waals surface area (Å²) >= 11 is 11.5. The highest BCUT2D eigenvalue weighted by atomic mass is 35.5. The molecule has 82 valence electrons. The summed E-state index contributed by atoms with van der Waals surface area (Å²) in [6.45, 7) is 0. The van der Waals surface area contributed by atoms with E-state index in [9.17, 15) is 4.79 Å². The van der Waals surface area contributed by atoms with E-state index < -0.39 is 0 Å². The Labute approximate surface area is 103 Å². The summed E-state index contributed by atoms with van der Waals surface area (Å²) in [5.41, 5.74) is 0.589. The number of rotatable bonds is 2. The van der Waals surface area contributed by atoms with Gasteiger partial charge in [0.25, 0.3) is 0 Å². The molecule has 4 heteroatoms. The summed E-state index contributed by atoms with van der Waals surface area (Å²) in [6.07, 6.45) is 0. The number of nitrogens with one attached hydrogen (secondary N) is 1. The highest BCUT2D eigenvalue weighted by molar-refractivity contribution is 6.35. The molecular weight excluding hydrogens is 245 g/mol. The lowest BCUT2D eigenvalue weighted by molar-refractivity contribution is -0.113. The summed E-state index contributed by atoms with van der Waals surface area (Å²) in [7, 11) is 0. The number of carbonyl (C=O) groups excluding carboxylic acids is 1. The van der Waals surface area contributed by atoms with Gasteiger partial charge in [-0.1, -0.05) is 35.9 Å². The van der Waals surface area contributed by atoms with Crippen LogP contribution in [0.1, 0.15) is 0 Å². The molecule has 2 aromatic rings. The summed E-state index contributed by atoms with van der Waals surface area (Å²) < 4.78 is 0. The van der Waals surface area contributed by atoms with E-state index >= 15 is 0 Å². The van der Waals surface area contributed by atoms with Crippen LogP contribution in [0.4, 0.5) is 5.69 Å². The molecule has 0 bridgehead atoms. The molecule has 0 aliphatic rings. The summed E-state index contributed by atoms with van der Waals surface area (Å²) in [5.74, 6) is -0.345. The van der Waals surface area contributed by atoms with E-state index in [1.54, 1.807) is 0 Å². The van der Waals surface area contributed by atoms with Gasteiger partial charge in [-0.05, 0) is 22.9 Å². The Hall–Kier alpha value is -1.25. The van der Waals surface area contributed by atoms with Gasteiger partial charge in [-0.15, -0.1) is 11.6 Å². The molecule has 1 amide bonds. The molecule has 0 aliphatic heterocycles. The van der Waals surface area contributed by atoms with Crippen LogP contribution in [0.15, 0.2) is 36.4 Å². The Morgan fingerprint density at radius 1 is 1.19 bits per heavy atom. The number of halogens is 2. The molecular formula is C12H9Cl2NO. The predicted octanol–water partition coefficient (Wildman–Crippen LogP) is 3.67. The van der Waals surface area contributed by atoms with Gasteiger partial charge in [-0.2, -0.15) is 0 Å². The van der Waals surface area contributed by atoms with Crippen molar-refractivity contribution in [1.29, 1.82) is 0 Å². The van der Waals surface area contributed by atoms with E-state index in [0.29, 0.717) is 10.7 Å². The van der Waals surface area contributed by atoms with Gasteiger partial charge in [0, 0.05) is 0 Å². The number of hydrogen-bond acceptors (Lipinski definition) is 1. The minimum Gasteiger partial charge on any atom is -0.324 e. The summed E-state index contributed by atoms with van der Waals surface area (Å²) in [6, 6.07) is 11.5. The Balaban J connectivity index is 2.46. The number of anilines is 1. The Morgan fingerprint density at radius 2 is 1.81 bits per heavy atom. The molecule has 2 nitrogen and oxygen atoms in total. The molecule has 0 atom stereocenters. The number of amides is 1. The SMILES string of the molecule is O=C(CCl)Nc1cc2ccccc2cc1Cl. The van der Waals surface area contributed by atoms with Gasteiger partial charge in [0.05, 0.1) is 10.7 Å². The van der Waals surface area contributed by atoms with Crippen LogP contribution in [-0.2, 0) is 4.79 Å². The van der Waals surface area contributed by atoms with Crippen LogP contribution < -0.4 is 5.32 Å². The van der Waals surface area contributed by atoms with E-state index in [4.69, 9.17) is 23.2 Å². The average Bonchev–Trinajstić information content (AvgIpc) is 2.30. The molecule has 0 unspecified atom stereocenters. The number of hydrogen-bond donors (Lipinski definition) is 1. The van der Waals surface area contributed by atoms with Gasteiger partial charge in [0.1, 0.15) is 5.88 Å². The van der Waals surface area contributed by atoms with Crippen molar-refractivity contribution in [1.82, 2.24) is 0 Å². The van der Waals surface area contributed by atoms with Crippen molar-refractivity contribution >= 4 is 45.6 Å². The Kier molecular flexibility index (Phi) is 3.32. The Bertz CT molecular complexity index is 540. The van der Waals surface area contributed by atoms with Crippen molar-refractivity contribution in [3.63, 3.8) is 0 Å². The summed E-state index contributed by atoms with van der Waals surface area (Å²) in [4.78, 5) is 11.2. The van der Waals surface area contributed by atoms with Gasteiger partial charge in [-0.25, -0.2) is 0 Å². The zero-order valence-corrected chi connectivity index (χ0v) is 9.85. The smallest absolute Gasteiger partial charge is 0.239 e. The molecule has 2 rings (SSSR count). The fourth-order valence-electron chi connectivity index (χ4n) is 1.49. The first-order valence-corrected chi connectivity index (χ1v) is 5.66. The lowest BCUT2D eigenvalue weighted by Gasteiger charge is -2.07. The van der Waals surface area contributed by atoms with Crippen LogP contribution in [0.2, 0.25) is 5.02 Å². The van der Waals surface area contributed by atoms with Crippen LogP contribution >= 0.6 is 23.2 Å². The quantitative estimate of drug-likeness (QED) is 0.814. The monoisotopic (exact) mass is 253 g/mol. The zero-order valence-electron chi connectivity index (χ0n) is 8.34. The average molecular weight is 254 g/mol. The molecule has 0 heterocycles.